The third-order valence-electron chi connectivity index (χ3n) is 5.34. The van der Waals surface area contributed by atoms with Gasteiger partial charge in [0, 0.05) is 0 Å². The lowest BCUT2D eigenvalue weighted by molar-refractivity contribution is -0.122. The SMILES string of the molecule is CC(C)(C)c1ccc(Cn2c(=O)n(CC(=O)NCc3ccco3)c(=O)c3sccc32)cc1. The van der Waals surface area contributed by atoms with Crippen molar-refractivity contribution in [1.82, 2.24) is 14.5 Å². The third-order valence-corrected chi connectivity index (χ3v) is 6.23. The quantitative estimate of drug-likeness (QED) is 0.486. The molecular formula is C24H25N3O4S. The summed E-state index contributed by atoms with van der Waals surface area (Å²) >= 11 is 1.27. The summed E-state index contributed by atoms with van der Waals surface area (Å²) in [4.78, 5) is 38.6. The molecule has 1 aromatic carbocycles. The van der Waals surface area contributed by atoms with Gasteiger partial charge in [0.25, 0.3) is 5.56 Å². The molecule has 0 spiro atoms. The van der Waals surface area contributed by atoms with Gasteiger partial charge in [-0.3, -0.25) is 14.2 Å². The first-order valence-corrected chi connectivity index (χ1v) is 11.2. The first-order chi connectivity index (χ1) is 15.2. The van der Waals surface area contributed by atoms with E-state index >= 15 is 0 Å². The second-order valence-electron chi connectivity index (χ2n) is 8.70. The Labute approximate surface area is 188 Å². The number of carbonyl (C=O) groups is 1. The monoisotopic (exact) mass is 451 g/mol. The highest BCUT2D eigenvalue weighted by atomic mass is 32.1. The Kier molecular flexibility index (Phi) is 5.88. The molecule has 0 aliphatic rings. The van der Waals surface area contributed by atoms with Gasteiger partial charge < -0.3 is 9.73 Å². The number of benzene rings is 1. The lowest BCUT2D eigenvalue weighted by atomic mass is 9.87. The van der Waals surface area contributed by atoms with Crippen molar-refractivity contribution in [2.24, 2.45) is 0 Å². The zero-order valence-electron chi connectivity index (χ0n) is 18.3. The molecule has 3 aromatic heterocycles. The molecule has 3 heterocycles. The predicted octanol–water partition coefficient (Wildman–Crippen LogP) is 3.48. The number of thiophene rings is 1. The van der Waals surface area contributed by atoms with E-state index in [4.69, 9.17) is 4.42 Å². The number of furan rings is 1. The van der Waals surface area contributed by atoms with Crippen molar-refractivity contribution >= 4 is 27.5 Å². The van der Waals surface area contributed by atoms with E-state index in [2.05, 4.69) is 38.2 Å². The molecule has 0 atom stereocenters. The first kappa shape index (κ1) is 21.8. The molecule has 0 aliphatic carbocycles. The maximum Gasteiger partial charge on any atom is 0.332 e. The van der Waals surface area contributed by atoms with Crippen LogP contribution in [-0.2, 0) is 29.8 Å². The largest absolute Gasteiger partial charge is 0.467 e. The van der Waals surface area contributed by atoms with Crippen LogP contribution >= 0.6 is 11.3 Å². The Bertz CT molecular complexity index is 1350. The van der Waals surface area contributed by atoms with Crippen molar-refractivity contribution < 1.29 is 9.21 Å². The molecular weight excluding hydrogens is 426 g/mol. The fraction of sp³-hybridized carbons (Fsp3) is 0.292. The van der Waals surface area contributed by atoms with E-state index in [0.29, 0.717) is 22.5 Å². The van der Waals surface area contributed by atoms with E-state index in [-0.39, 0.29) is 18.5 Å². The van der Waals surface area contributed by atoms with Crippen LogP contribution in [0.2, 0.25) is 0 Å². The summed E-state index contributed by atoms with van der Waals surface area (Å²) in [5.41, 5.74) is 1.80. The number of amides is 1. The molecule has 0 radical (unpaired) electrons. The normalized spacial score (nSPS) is 11.7. The summed E-state index contributed by atoms with van der Waals surface area (Å²) in [6.45, 7) is 6.59. The lowest BCUT2D eigenvalue weighted by Gasteiger charge is -2.19. The van der Waals surface area contributed by atoms with Gasteiger partial charge in [-0.15, -0.1) is 11.3 Å². The van der Waals surface area contributed by atoms with Crippen molar-refractivity contribution in [2.75, 3.05) is 0 Å². The number of fused-ring (bicyclic) bond motifs is 1. The standard InChI is InChI=1S/C24H25N3O4S/c1-24(2,3)17-8-6-16(7-9-17)14-26-19-10-12-32-21(19)22(29)27(23(26)30)15-20(28)25-13-18-5-4-11-31-18/h4-12H,13-15H2,1-3H3,(H,25,28). The highest BCUT2D eigenvalue weighted by Gasteiger charge is 2.18. The molecule has 4 aromatic rings. The Morgan fingerprint density at radius 3 is 2.47 bits per heavy atom. The van der Waals surface area contributed by atoms with Crippen LogP contribution in [0.3, 0.4) is 0 Å². The van der Waals surface area contributed by atoms with E-state index < -0.39 is 17.2 Å². The molecule has 7 nitrogen and oxygen atoms in total. The maximum absolute atomic E-state index is 13.2. The molecule has 8 heteroatoms. The molecule has 1 N–H and O–H groups in total. The number of hydrogen-bond acceptors (Lipinski definition) is 5. The molecule has 0 unspecified atom stereocenters. The van der Waals surface area contributed by atoms with E-state index in [9.17, 15) is 14.4 Å². The number of nitrogens with one attached hydrogen (secondary N) is 1. The van der Waals surface area contributed by atoms with Gasteiger partial charge in [-0.2, -0.15) is 0 Å². The number of nitrogens with zero attached hydrogens (tertiary/aromatic N) is 2. The van der Waals surface area contributed by atoms with E-state index in [1.165, 1.54) is 23.2 Å². The van der Waals surface area contributed by atoms with Gasteiger partial charge in [0.15, 0.2) is 0 Å². The van der Waals surface area contributed by atoms with Crippen molar-refractivity contribution in [2.45, 2.75) is 45.8 Å². The second kappa shape index (κ2) is 8.63. The number of hydrogen-bond donors (Lipinski definition) is 1. The summed E-state index contributed by atoms with van der Waals surface area (Å²) < 4.78 is 8.20. The Balaban J connectivity index is 1.64. The first-order valence-electron chi connectivity index (χ1n) is 10.3. The van der Waals surface area contributed by atoms with E-state index in [1.54, 1.807) is 28.1 Å². The van der Waals surface area contributed by atoms with Gasteiger partial charge in [0.2, 0.25) is 5.91 Å². The van der Waals surface area contributed by atoms with Gasteiger partial charge in [-0.25, -0.2) is 9.36 Å². The summed E-state index contributed by atoms with van der Waals surface area (Å²) in [7, 11) is 0. The molecule has 0 aliphatic heterocycles. The van der Waals surface area contributed by atoms with Gasteiger partial charge in [0.1, 0.15) is 17.0 Å². The molecule has 32 heavy (non-hydrogen) atoms. The van der Waals surface area contributed by atoms with Gasteiger partial charge in [-0.05, 0) is 40.1 Å². The fourth-order valence-electron chi connectivity index (χ4n) is 3.52. The van der Waals surface area contributed by atoms with Crippen molar-refractivity contribution in [1.29, 1.82) is 0 Å². The Hall–Kier alpha value is -3.39. The average Bonchev–Trinajstić information content (AvgIpc) is 3.44. The summed E-state index contributed by atoms with van der Waals surface area (Å²) in [6.07, 6.45) is 1.52. The minimum atomic E-state index is -0.506. The number of carbonyl (C=O) groups excluding carboxylic acids is 1. The molecule has 0 fully saturated rings. The number of aromatic nitrogens is 2. The fourth-order valence-corrected chi connectivity index (χ4v) is 4.36. The van der Waals surface area contributed by atoms with Crippen molar-refractivity contribution in [3.05, 3.63) is 91.8 Å². The lowest BCUT2D eigenvalue weighted by Crippen LogP contribution is -2.43. The summed E-state index contributed by atoms with van der Waals surface area (Å²) in [5.74, 6) is 0.160. The highest BCUT2D eigenvalue weighted by molar-refractivity contribution is 7.17. The third kappa shape index (κ3) is 4.45. The van der Waals surface area contributed by atoms with Crippen LogP contribution in [0.15, 0.2) is 68.1 Å². The molecule has 1 amide bonds. The van der Waals surface area contributed by atoms with Crippen LogP contribution in [0.1, 0.15) is 37.7 Å². The average molecular weight is 452 g/mol. The van der Waals surface area contributed by atoms with Gasteiger partial charge in [0.05, 0.1) is 24.9 Å². The van der Waals surface area contributed by atoms with Gasteiger partial charge in [-0.1, -0.05) is 45.0 Å². The topological polar surface area (TPSA) is 86.2 Å². The highest BCUT2D eigenvalue weighted by Crippen LogP contribution is 2.23. The van der Waals surface area contributed by atoms with Crippen molar-refractivity contribution in [3.8, 4) is 0 Å². The summed E-state index contributed by atoms with van der Waals surface area (Å²) in [5, 5.41) is 4.47. The molecule has 166 valence electrons. The van der Waals surface area contributed by atoms with Crippen LogP contribution in [-0.4, -0.2) is 15.0 Å². The molecule has 0 saturated heterocycles. The predicted molar refractivity (Wildman–Crippen MR) is 125 cm³/mol. The molecule has 0 bridgehead atoms. The van der Waals surface area contributed by atoms with Crippen molar-refractivity contribution in [3.63, 3.8) is 0 Å². The van der Waals surface area contributed by atoms with Crippen LogP contribution in [0.4, 0.5) is 0 Å². The molecule has 0 saturated carbocycles. The minimum Gasteiger partial charge on any atom is -0.467 e. The minimum absolute atomic E-state index is 0.0340. The zero-order chi connectivity index (χ0) is 22.9. The van der Waals surface area contributed by atoms with E-state index in [1.807, 2.05) is 12.1 Å². The van der Waals surface area contributed by atoms with E-state index in [0.717, 1.165) is 10.1 Å². The Morgan fingerprint density at radius 2 is 1.81 bits per heavy atom. The van der Waals surface area contributed by atoms with Gasteiger partial charge >= 0.3 is 5.69 Å². The Morgan fingerprint density at radius 1 is 1.06 bits per heavy atom. The molecule has 4 rings (SSSR count). The number of rotatable bonds is 6. The maximum atomic E-state index is 13.2. The zero-order valence-corrected chi connectivity index (χ0v) is 19.1. The van der Waals surface area contributed by atoms with Crippen LogP contribution < -0.4 is 16.6 Å². The van der Waals surface area contributed by atoms with Crippen LogP contribution in [0.5, 0.6) is 0 Å². The smallest absolute Gasteiger partial charge is 0.332 e. The summed E-state index contributed by atoms with van der Waals surface area (Å²) in [6, 6.07) is 13.3. The second-order valence-corrected chi connectivity index (χ2v) is 9.61. The van der Waals surface area contributed by atoms with Crippen LogP contribution in [0, 0.1) is 0 Å². The van der Waals surface area contributed by atoms with Crippen LogP contribution in [0.25, 0.3) is 10.2 Å².